The third kappa shape index (κ3) is 3.19. The molecule has 0 aliphatic carbocycles. The number of aromatic amines is 1. The van der Waals surface area contributed by atoms with Crippen LogP contribution in [0.3, 0.4) is 0 Å². The summed E-state index contributed by atoms with van der Waals surface area (Å²) in [5.74, 6) is 0. The number of benzene rings is 1. The van der Waals surface area contributed by atoms with Gasteiger partial charge in [0.2, 0.25) is 10.0 Å². The predicted molar refractivity (Wildman–Crippen MR) is 71.7 cm³/mol. The maximum absolute atomic E-state index is 12.1. The fourth-order valence-electron chi connectivity index (χ4n) is 1.65. The molecular formula is C12H16N4O2S. The topological polar surface area (TPSA) is 101 Å². The Bertz CT molecular complexity index is 664. The van der Waals surface area contributed by atoms with Crippen molar-refractivity contribution in [3.8, 4) is 0 Å². The van der Waals surface area contributed by atoms with E-state index < -0.39 is 10.0 Å². The van der Waals surface area contributed by atoms with Crippen molar-refractivity contribution < 1.29 is 8.42 Å². The molecule has 7 heteroatoms. The molecular weight excluding hydrogens is 264 g/mol. The smallest absolute Gasteiger partial charge is 0.240 e. The van der Waals surface area contributed by atoms with Gasteiger partial charge in [0.05, 0.1) is 11.1 Å². The van der Waals surface area contributed by atoms with Crippen LogP contribution in [0.1, 0.15) is 16.8 Å². The molecule has 0 saturated carbocycles. The average Bonchev–Trinajstić information content (AvgIpc) is 2.82. The minimum atomic E-state index is -3.53. The van der Waals surface area contributed by atoms with Crippen molar-refractivity contribution >= 4 is 10.0 Å². The van der Waals surface area contributed by atoms with Crippen LogP contribution in [0.4, 0.5) is 0 Å². The van der Waals surface area contributed by atoms with Crippen LogP contribution >= 0.6 is 0 Å². The number of hydrogen-bond acceptors (Lipinski definition) is 4. The SMILES string of the molecule is Cc1[nH]ncc1CNS(=O)(=O)c1cccc(CN)c1. The molecule has 0 aliphatic heterocycles. The minimum absolute atomic E-state index is 0.206. The van der Waals surface area contributed by atoms with E-state index in [0.717, 1.165) is 16.8 Å². The highest BCUT2D eigenvalue weighted by Crippen LogP contribution is 2.12. The predicted octanol–water partition coefficient (Wildman–Crippen LogP) is 0.655. The summed E-state index contributed by atoms with van der Waals surface area (Å²) in [5, 5.41) is 6.61. The lowest BCUT2D eigenvalue weighted by molar-refractivity contribution is 0.581. The van der Waals surface area contributed by atoms with Gasteiger partial charge in [-0.15, -0.1) is 0 Å². The first-order valence-electron chi connectivity index (χ1n) is 5.80. The molecule has 0 radical (unpaired) electrons. The molecule has 0 unspecified atom stereocenters. The van der Waals surface area contributed by atoms with E-state index in [1.54, 1.807) is 30.5 Å². The van der Waals surface area contributed by atoms with E-state index in [1.807, 2.05) is 6.92 Å². The number of aryl methyl sites for hydroxylation is 1. The van der Waals surface area contributed by atoms with Gasteiger partial charge in [-0.25, -0.2) is 13.1 Å². The molecule has 0 amide bonds. The first-order valence-corrected chi connectivity index (χ1v) is 7.29. The molecule has 0 bridgehead atoms. The van der Waals surface area contributed by atoms with E-state index in [9.17, 15) is 8.42 Å². The normalized spacial score (nSPS) is 11.7. The average molecular weight is 280 g/mol. The first-order chi connectivity index (χ1) is 9.03. The number of hydrogen-bond donors (Lipinski definition) is 3. The second-order valence-electron chi connectivity index (χ2n) is 4.20. The molecule has 1 heterocycles. The summed E-state index contributed by atoms with van der Waals surface area (Å²) in [5.41, 5.74) is 7.95. The Kier molecular flexibility index (Phi) is 3.98. The molecule has 4 N–H and O–H groups in total. The zero-order valence-corrected chi connectivity index (χ0v) is 11.4. The Balaban J connectivity index is 2.16. The molecule has 1 aromatic carbocycles. The Morgan fingerprint density at radius 2 is 2.21 bits per heavy atom. The molecule has 0 fully saturated rings. The maximum atomic E-state index is 12.1. The lowest BCUT2D eigenvalue weighted by Gasteiger charge is -2.07. The first kappa shape index (κ1) is 13.7. The van der Waals surface area contributed by atoms with Crippen LogP contribution in [0.15, 0.2) is 35.4 Å². The summed E-state index contributed by atoms with van der Waals surface area (Å²) in [6, 6.07) is 6.59. The van der Waals surface area contributed by atoms with Crippen molar-refractivity contribution in [2.45, 2.75) is 24.9 Å². The highest BCUT2D eigenvalue weighted by molar-refractivity contribution is 7.89. The van der Waals surface area contributed by atoms with Gasteiger partial charge in [-0.05, 0) is 24.6 Å². The molecule has 0 atom stereocenters. The standard InChI is InChI=1S/C12H16N4O2S/c1-9-11(7-14-16-9)8-15-19(17,18)12-4-2-3-10(5-12)6-13/h2-5,7,15H,6,8,13H2,1H3,(H,14,16). The van der Waals surface area contributed by atoms with Crippen LogP contribution in [0, 0.1) is 6.92 Å². The monoisotopic (exact) mass is 280 g/mol. The molecule has 1 aromatic heterocycles. The molecule has 102 valence electrons. The number of H-pyrrole nitrogens is 1. The molecule has 2 aromatic rings. The lowest BCUT2D eigenvalue weighted by Crippen LogP contribution is -2.23. The Morgan fingerprint density at radius 1 is 1.42 bits per heavy atom. The summed E-state index contributed by atoms with van der Waals surface area (Å²) in [6.07, 6.45) is 1.61. The minimum Gasteiger partial charge on any atom is -0.326 e. The third-order valence-corrected chi connectivity index (χ3v) is 4.23. The van der Waals surface area contributed by atoms with E-state index in [2.05, 4.69) is 14.9 Å². The number of nitrogens with one attached hydrogen (secondary N) is 2. The van der Waals surface area contributed by atoms with Crippen molar-refractivity contribution in [1.29, 1.82) is 0 Å². The van der Waals surface area contributed by atoms with E-state index in [0.29, 0.717) is 6.54 Å². The molecule has 19 heavy (non-hydrogen) atoms. The molecule has 2 rings (SSSR count). The van der Waals surface area contributed by atoms with Crippen LogP contribution in [0.2, 0.25) is 0 Å². The highest BCUT2D eigenvalue weighted by Gasteiger charge is 2.14. The zero-order valence-electron chi connectivity index (χ0n) is 10.6. The summed E-state index contributed by atoms with van der Waals surface area (Å²) >= 11 is 0. The van der Waals surface area contributed by atoms with Gasteiger partial charge < -0.3 is 5.73 Å². The van der Waals surface area contributed by atoms with Crippen LogP contribution in [-0.4, -0.2) is 18.6 Å². The van der Waals surface area contributed by atoms with Crippen LogP contribution in [-0.2, 0) is 23.1 Å². The number of aromatic nitrogens is 2. The fourth-order valence-corrected chi connectivity index (χ4v) is 2.73. The Labute approximate surface area is 112 Å². The van der Waals surface area contributed by atoms with Gasteiger partial charge in [0.25, 0.3) is 0 Å². The van der Waals surface area contributed by atoms with Crippen molar-refractivity contribution in [3.63, 3.8) is 0 Å². The summed E-state index contributed by atoms with van der Waals surface area (Å²) < 4.78 is 26.8. The van der Waals surface area contributed by atoms with E-state index in [4.69, 9.17) is 5.73 Å². The van der Waals surface area contributed by atoms with Gasteiger partial charge >= 0.3 is 0 Å². The zero-order chi connectivity index (χ0) is 13.9. The van der Waals surface area contributed by atoms with Crippen molar-refractivity contribution in [2.75, 3.05) is 0 Å². The highest BCUT2D eigenvalue weighted by atomic mass is 32.2. The van der Waals surface area contributed by atoms with E-state index in [-0.39, 0.29) is 11.4 Å². The van der Waals surface area contributed by atoms with Gasteiger partial charge in [0.1, 0.15) is 0 Å². The van der Waals surface area contributed by atoms with Crippen molar-refractivity contribution in [1.82, 2.24) is 14.9 Å². The summed E-state index contributed by atoms with van der Waals surface area (Å²) in [6.45, 7) is 2.35. The molecule has 0 spiro atoms. The second kappa shape index (κ2) is 5.52. The van der Waals surface area contributed by atoms with Gasteiger partial charge in [-0.2, -0.15) is 5.10 Å². The van der Waals surface area contributed by atoms with Crippen molar-refractivity contribution in [3.05, 3.63) is 47.3 Å². The third-order valence-electron chi connectivity index (χ3n) is 2.83. The molecule has 0 aliphatic rings. The number of nitrogens with zero attached hydrogens (tertiary/aromatic N) is 1. The second-order valence-corrected chi connectivity index (χ2v) is 5.96. The van der Waals surface area contributed by atoms with Crippen molar-refractivity contribution in [2.24, 2.45) is 5.73 Å². The van der Waals surface area contributed by atoms with Gasteiger partial charge in [-0.3, -0.25) is 5.10 Å². The molecule has 0 saturated heterocycles. The Hall–Kier alpha value is -1.70. The summed E-state index contributed by atoms with van der Waals surface area (Å²) in [7, 11) is -3.53. The summed E-state index contributed by atoms with van der Waals surface area (Å²) in [4.78, 5) is 0.219. The van der Waals surface area contributed by atoms with Crippen LogP contribution < -0.4 is 10.5 Å². The largest absolute Gasteiger partial charge is 0.326 e. The fraction of sp³-hybridized carbons (Fsp3) is 0.250. The number of rotatable bonds is 5. The van der Waals surface area contributed by atoms with Gasteiger partial charge in [-0.1, -0.05) is 12.1 Å². The Morgan fingerprint density at radius 3 is 2.84 bits per heavy atom. The van der Waals surface area contributed by atoms with Gasteiger partial charge in [0.15, 0.2) is 0 Å². The quantitative estimate of drug-likeness (QED) is 0.748. The van der Waals surface area contributed by atoms with E-state index >= 15 is 0 Å². The van der Waals surface area contributed by atoms with E-state index in [1.165, 1.54) is 0 Å². The van der Waals surface area contributed by atoms with Crippen LogP contribution in [0.5, 0.6) is 0 Å². The maximum Gasteiger partial charge on any atom is 0.240 e. The number of nitrogens with two attached hydrogens (primary N) is 1. The lowest BCUT2D eigenvalue weighted by atomic mass is 10.2. The number of sulfonamides is 1. The molecule has 6 nitrogen and oxygen atoms in total. The van der Waals surface area contributed by atoms with Gasteiger partial charge in [0, 0.05) is 24.3 Å². The van der Waals surface area contributed by atoms with Crippen LogP contribution in [0.25, 0.3) is 0 Å².